The Morgan fingerprint density at radius 2 is 2.12 bits per heavy atom. The molecular formula is C18H33N7O. The molecule has 8 nitrogen and oxygen atoms in total. The van der Waals surface area contributed by atoms with E-state index in [-0.39, 0.29) is 5.91 Å². The normalized spacial score (nSPS) is 15.9. The van der Waals surface area contributed by atoms with Crippen molar-refractivity contribution in [3.63, 3.8) is 0 Å². The standard InChI is InChI=1S/C18H33N7O/c1-5-9-23(7-3)10-8-20-18(19-6-2)24-11-12-25(17(26)15-24)16-13-21-22(4)14-16/h13-14H,5-12,15H2,1-4H3,(H,19,20). The molecule has 1 fully saturated rings. The number of hydrogen-bond donors (Lipinski definition) is 1. The van der Waals surface area contributed by atoms with Gasteiger partial charge in [0.2, 0.25) is 5.91 Å². The van der Waals surface area contributed by atoms with Crippen molar-refractivity contribution in [3.8, 4) is 0 Å². The van der Waals surface area contributed by atoms with Gasteiger partial charge < -0.3 is 20.0 Å². The van der Waals surface area contributed by atoms with Gasteiger partial charge in [-0.05, 0) is 26.4 Å². The van der Waals surface area contributed by atoms with Crippen LogP contribution in [0.1, 0.15) is 27.2 Å². The number of amides is 1. The van der Waals surface area contributed by atoms with Crippen LogP contribution < -0.4 is 10.2 Å². The van der Waals surface area contributed by atoms with E-state index in [0.29, 0.717) is 13.1 Å². The second-order valence-electron chi connectivity index (χ2n) is 6.51. The van der Waals surface area contributed by atoms with Crippen LogP contribution >= 0.6 is 0 Å². The summed E-state index contributed by atoms with van der Waals surface area (Å²) < 4.78 is 1.72. The van der Waals surface area contributed by atoms with Gasteiger partial charge in [0.1, 0.15) is 6.54 Å². The van der Waals surface area contributed by atoms with Crippen molar-refractivity contribution >= 4 is 17.6 Å². The Bertz CT molecular complexity index is 598. The molecule has 2 heterocycles. The SMILES string of the molecule is CCCN(CC)CCN=C(NCC)N1CCN(c2cnn(C)c2)C(=O)C1. The first-order valence-corrected chi connectivity index (χ1v) is 9.63. The highest BCUT2D eigenvalue weighted by Crippen LogP contribution is 2.16. The van der Waals surface area contributed by atoms with Crippen LogP contribution in [0.15, 0.2) is 17.4 Å². The predicted molar refractivity (Wildman–Crippen MR) is 106 cm³/mol. The number of guanidine groups is 1. The minimum absolute atomic E-state index is 0.0796. The lowest BCUT2D eigenvalue weighted by atomic mass is 10.3. The lowest BCUT2D eigenvalue weighted by Crippen LogP contribution is -2.55. The molecule has 1 aliphatic rings. The van der Waals surface area contributed by atoms with E-state index in [1.807, 2.05) is 13.2 Å². The second kappa shape index (κ2) is 10.2. The Kier molecular flexibility index (Phi) is 7.90. The maximum atomic E-state index is 12.6. The molecule has 0 atom stereocenters. The molecule has 0 bridgehead atoms. The molecule has 1 N–H and O–H groups in total. The lowest BCUT2D eigenvalue weighted by molar-refractivity contribution is -0.120. The Hall–Kier alpha value is -2.09. The van der Waals surface area contributed by atoms with Crippen molar-refractivity contribution in [2.24, 2.45) is 12.0 Å². The van der Waals surface area contributed by atoms with Gasteiger partial charge in [0.25, 0.3) is 0 Å². The number of aromatic nitrogens is 2. The second-order valence-corrected chi connectivity index (χ2v) is 6.51. The largest absolute Gasteiger partial charge is 0.357 e. The number of piperazine rings is 1. The van der Waals surface area contributed by atoms with Gasteiger partial charge in [-0.1, -0.05) is 13.8 Å². The molecule has 1 aromatic heterocycles. The third-order valence-electron chi connectivity index (χ3n) is 4.52. The van der Waals surface area contributed by atoms with Crippen LogP contribution in [0.25, 0.3) is 0 Å². The highest BCUT2D eigenvalue weighted by Gasteiger charge is 2.27. The fourth-order valence-corrected chi connectivity index (χ4v) is 3.14. The molecule has 8 heteroatoms. The average Bonchev–Trinajstić information content (AvgIpc) is 3.06. The maximum absolute atomic E-state index is 12.6. The fourth-order valence-electron chi connectivity index (χ4n) is 3.14. The van der Waals surface area contributed by atoms with Crippen LogP contribution in [-0.4, -0.2) is 83.8 Å². The Balaban J connectivity index is 1.95. The van der Waals surface area contributed by atoms with Crippen molar-refractivity contribution in [3.05, 3.63) is 12.4 Å². The predicted octanol–water partition coefficient (Wildman–Crippen LogP) is 0.766. The number of nitrogens with one attached hydrogen (secondary N) is 1. The van der Waals surface area contributed by atoms with E-state index >= 15 is 0 Å². The monoisotopic (exact) mass is 363 g/mol. The number of nitrogens with zero attached hydrogens (tertiary/aromatic N) is 6. The Labute approximate surface area is 156 Å². The molecule has 0 radical (unpaired) electrons. The molecule has 1 aromatic rings. The third kappa shape index (κ3) is 5.45. The zero-order valence-electron chi connectivity index (χ0n) is 16.6. The lowest BCUT2D eigenvalue weighted by Gasteiger charge is -2.35. The number of carbonyl (C=O) groups excluding carboxylic acids is 1. The quantitative estimate of drug-likeness (QED) is 0.546. The van der Waals surface area contributed by atoms with Crippen LogP contribution in [0, 0.1) is 0 Å². The smallest absolute Gasteiger partial charge is 0.246 e. The molecule has 0 unspecified atom stereocenters. The summed E-state index contributed by atoms with van der Waals surface area (Å²) in [5, 5.41) is 7.48. The van der Waals surface area contributed by atoms with Gasteiger partial charge in [-0.15, -0.1) is 0 Å². The van der Waals surface area contributed by atoms with Crippen molar-refractivity contribution < 1.29 is 4.79 Å². The number of anilines is 1. The van der Waals surface area contributed by atoms with E-state index in [1.165, 1.54) is 0 Å². The first-order chi connectivity index (χ1) is 12.6. The zero-order valence-corrected chi connectivity index (χ0v) is 16.6. The summed E-state index contributed by atoms with van der Waals surface area (Å²) in [7, 11) is 1.86. The van der Waals surface area contributed by atoms with Crippen LogP contribution in [0.3, 0.4) is 0 Å². The van der Waals surface area contributed by atoms with Gasteiger partial charge in [-0.25, -0.2) is 0 Å². The third-order valence-corrected chi connectivity index (χ3v) is 4.52. The molecule has 26 heavy (non-hydrogen) atoms. The minimum atomic E-state index is 0.0796. The Morgan fingerprint density at radius 3 is 2.69 bits per heavy atom. The number of hydrogen-bond acceptors (Lipinski definition) is 4. The first kappa shape index (κ1) is 20.2. The molecule has 0 saturated carbocycles. The highest BCUT2D eigenvalue weighted by atomic mass is 16.2. The van der Waals surface area contributed by atoms with E-state index < -0.39 is 0 Å². The van der Waals surface area contributed by atoms with Gasteiger partial charge >= 0.3 is 0 Å². The van der Waals surface area contributed by atoms with E-state index in [0.717, 1.165) is 57.3 Å². The minimum Gasteiger partial charge on any atom is -0.357 e. The molecule has 0 spiro atoms. The molecule has 0 aliphatic carbocycles. The van der Waals surface area contributed by atoms with Crippen molar-refractivity contribution in [2.45, 2.75) is 27.2 Å². The van der Waals surface area contributed by atoms with Gasteiger partial charge in [0.15, 0.2) is 5.96 Å². The van der Waals surface area contributed by atoms with Crippen LogP contribution in [-0.2, 0) is 11.8 Å². The summed E-state index contributed by atoms with van der Waals surface area (Å²) >= 11 is 0. The highest BCUT2D eigenvalue weighted by molar-refractivity contribution is 5.98. The van der Waals surface area contributed by atoms with E-state index in [4.69, 9.17) is 4.99 Å². The van der Waals surface area contributed by atoms with Crippen molar-refractivity contribution in [1.29, 1.82) is 0 Å². The number of aliphatic imine (C=N–C) groups is 1. The van der Waals surface area contributed by atoms with Crippen LogP contribution in [0.2, 0.25) is 0 Å². The summed E-state index contributed by atoms with van der Waals surface area (Å²) in [6.45, 7) is 12.8. The van der Waals surface area contributed by atoms with E-state index in [1.54, 1.807) is 15.8 Å². The molecule has 0 aromatic carbocycles. The summed E-state index contributed by atoms with van der Waals surface area (Å²) in [6, 6.07) is 0. The molecule has 146 valence electrons. The van der Waals surface area contributed by atoms with E-state index in [2.05, 4.69) is 41.0 Å². The number of aryl methyl sites for hydroxylation is 1. The number of rotatable bonds is 8. The van der Waals surface area contributed by atoms with Crippen molar-refractivity contribution in [2.75, 3.05) is 57.3 Å². The summed E-state index contributed by atoms with van der Waals surface area (Å²) in [6.07, 6.45) is 4.77. The van der Waals surface area contributed by atoms with Crippen LogP contribution in [0.4, 0.5) is 5.69 Å². The Morgan fingerprint density at radius 1 is 1.31 bits per heavy atom. The van der Waals surface area contributed by atoms with Gasteiger partial charge in [0, 0.05) is 39.4 Å². The van der Waals surface area contributed by atoms with Gasteiger partial charge in [-0.2, -0.15) is 5.10 Å². The average molecular weight is 364 g/mol. The number of likely N-dealkylation sites (N-methyl/N-ethyl adjacent to an activating group) is 1. The fraction of sp³-hybridized carbons (Fsp3) is 0.722. The molecule has 1 amide bonds. The van der Waals surface area contributed by atoms with E-state index in [9.17, 15) is 4.79 Å². The van der Waals surface area contributed by atoms with Gasteiger partial charge in [0.05, 0.1) is 18.4 Å². The summed E-state index contributed by atoms with van der Waals surface area (Å²) in [4.78, 5) is 23.6. The van der Waals surface area contributed by atoms with Gasteiger partial charge in [-0.3, -0.25) is 14.5 Å². The number of carbonyl (C=O) groups is 1. The molecule has 1 saturated heterocycles. The van der Waals surface area contributed by atoms with Crippen molar-refractivity contribution in [1.82, 2.24) is 24.9 Å². The molecule has 2 rings (SSSR count). The molecule has 1 aliphatic heterocycles. The topological polar surface area (TPSA) is 69.0 Å². The zero-order chi connectivity index (χ0) is 18.9. The molecular weight excluding hydrogens is 330 g/mol. The first-order valence-electron chi connectivity index (χ1n) is 9.63. The summed E-state index contributed by atoms with van der Waals surface area (Å²) in [5.74, 6) is 0.912. The van der Waals surface area contributed by atoms with Crippen LogP contribution in [0.5, 0.6) is 0 Å². The summed E-state index contributed by atoms with van der Waals surface area (Å²) in [5.41, 5.74) is 0.859. The maximum Gasteiger partial charge on any atom is 0.246 e.